The number of hydrogen-bond donors (Lipinski definition) is 2. The summed E-state index contributed by atoms with van der Waals surface area (Å²) in [5.74, 6) is 1.07. The number of H-pyrrole nitrogens is 1. The summed E-state index contributed by atoms with van der Waals surface area (Å²) in [4.78, 5) is 18.8. The molecule has 0 radical (unpaired) electrons. The molecule has 2 aromatic rings. The van der Waals surface area contributed by atoms with Gasteiger partial charge in [-0.3, -0.25) is 4.79 Å². The number of nitrogens with one attached hydrogen (secondary N) is 1. The number of hydrogen-bond acceptors (Lipinski definition) is 3. The molecule has 1 saturated carbocycles. The zero-order chi connectivity index (χ0) is 11.8. The minimum Gasteiger partial charge on any atom is -0.399 e. The van der Waals surface area contributed by atoms with E-state index >= 15 is 0 Å². The monoisotopic (exact) mass is 227 g/mol. The van der Waals surface area contributed by atoms with Crippen molar-refractivity contribution in [2.75, 3.05) is 5.73 Å². The SMILES string of the molecule is Nc1cccc(-c2nc(C3CC3)cc(=O)[nH]2)c1. The molecule has 0 amide bonds. The molecule has 0 aliphatic heterocycles. The van der Waals surface area contributed by atoms with Crippen LogP contribution in [0, 0.1) is 0 Å². The van der Waals surface area contributed by atoms with Crippen LogP contribution in [0.2, 0.25) is 0 Å². The zero-order valence-corrected chi connectivity index (χ0v) is 9.31. The molecule has 1 fully saturated rings. The van der Waals surface area contributed by atoms with Gasteiger partial charge in [-0.15, -0.1) is 0 Å². The van der Waals surface area contributed by atoms with Crippen molar-refractivity contribution in [1.82, 2.24) is 9.97 Å². The Morgan fingerprint density at radius 3 is 2.82 bits per heavy atom. The molecule has 0 unspecified atom stereocenters. The lowest BCUT2D eigenvalue weighted by atomic mass is 10.2. The fourth-order valence-corrected chi connectivity index (χ4v) is 1.89. The Morgan fingerprint density at radius 2 is 2.12 bits per heavy atom. The molecule has 1 aliphatic carbocycles. The molecule has 3 N–H and O–H groups in total. The number of aromatic nitrogens is 2. The minimum absolute atomic E-state index is 0.0978. The third-order valence-corrected chi connectivity index (χ3v) is 2.92. The van der Waals surface area contributed by atoms with E-state index in [9.17, 15) is 4.79 Å². The Balaban J connectivity index is 2.10. The molecule has 4 nitrogen and oxygen atoms in total. The first-order chi connectivity index (χ1) is 8.22. The van der Waals surface area contributed by atoms with Gasteiger partial charge in [0.05, 0.1) is 5.69 Å². The van der Waals surface area contributed by atoms with Crippen LogP contribution in [0.5, 0.6) is 0 Å². The summed E-state index contributed by atoms with van der Waals surface area (Å²) >= 11 is 0. The highest BCUT2D eigenvalue weighted by Gasteiger charge is 2.25. The number of rotatable bonds is 2. The van der Waals surface area contributed by atoms with E-state index in [2.05, 4.69) is 9.97 Å². The highest BCUT2D eigenvalue weighted by Crippen LogP contribution is 2.38. The van der Waals surface area contributed by atoms with E-state index in [0.29, 0.717) is 17.4 Å². The Morgan fingerprint density at radius 1 is 1.29 bits per heavy atom. The van der Waals surface area contributed by atoms with E-state index in [0.717, 1.165) is 24.1 Å². The average Bonchev–Trinajstić information content (AvgIpc) is 3.12. The molecule has 0 bridgehead atoms. The second-order valence-electron chi connectivity index (χ2n) is 4.42. The Bertz CT molecular complexity index is 614. The zero-order valence-electron chi connectivity index (χ0n) is 9.31. The van der Waals surface area contributed by atoms with Gasteiger partial charge in [0.15, 0.2) is 0 Å². The second kappa shape index (κ2) is 3.73. The van der Waals surface area contributed by atoms with E-state index in [-0.39, 0.29) is 5.56 Å². The molecule has 0 atom stereocenters. The molecule has 3 rings (SSSR count). The van der Waals surface area contributed by atoms with Crippen LogP contribution in [0.15, 0.2) is 35.1 Å². The average molecular weight is 227 g/mol. The number of aromatic amines is 1. The molecule has 86 valence electrons. The smallest absolute Gasteiger partial charge is 0.251 e. The van der Waals surface area contributed by atoms with Crippen molar-refractivity contribution < 1.29 is 0 Å². The van der Waals surface area contributed by atoms with Crippen LogP contribution in [0.4, 0.5) is 5.69 Å². The number of benzene rings is 1. The number of nitrogen functional groups attached to an aromatic ring is 1. The van der Waals surface area contributed by atoms with Crippen molar-refractivity contribution in [3.05, 3.63) is 46.4 Å². The van der Waals surface area contributed by atoms with Crippen LogP contribution in [0.25, 0.3) is 11.4 Å². The van der Waals surface area contributed by atoms with Gasteiger partial charge in [0.1, 0.15) is 5.82 Å². The van der Waals surface area contributed by atoms with Gasteiger partial charge in [0.25, 0.3) is 5.56 Å². The summed E-state index contributed by atoms with van der Waals surface area (Å²) in [6.45, 7) is 0. The molecular weight excluding hydrogens is 214 g/mol. The van der Waals surface area contributed by atoms with Crippen molar-refractivity contribution in [3.63, 3.8) is 0 Å². The number of nitrogens with two attached hydrogens (primary N) is 1. The minimum atomic E-state index is -0.0978. The van der Waals surface area contributed by atoms with Gasteiger partial charge in [-0.05, 0) is 25.0 Å². The van der Waals surface area contributed by atoms with Crippen molar-refractivity contribution in [2.45, 2.75) is 18.8 Å². The summed E-state index contributed by atoms with van der Waals surface area (Å²) in [5, 5.41) is 0. The van der Waals surface area contributed by atoms with Gasteiger partial charge < -0.3 is 10.7 Å². The largest absolute Gasteiger partial charge is 0.399 e. The summed E-state index contributed by atoms with van der Waals surface area (Å²) in [5.41, 5.74) is 8.04. The van der Waals surface area contributed by atoms with Gasteiger partial charge in [-0.2, -0.15) is 0 Å². The van der Waals surface area contributed by atoms with E-state index in [1.165, 1.54) is 0 Å². The first kappa shape index (κ1) is 10.1. The van der Waals surface area contributed by atoms with E-state index < -0.39 is 0 Å². The van der Waals surface area contributed by atoms with E-state index in [4.69, 9.17) is 5.73 Å². The Hall–Kier alpha value is -2.10. The van der Waals surface area contributed by atoms with Gasteiger partial charge in [0, 0.05) is 23.2 Å². The van der Waals surface area contributed by atoms with E-state index in [1.807, 2.05) is 24.3 Å². The third kappa shape index (κ3) is 2.06. The van der Waals surface area contributed by atoms with Gasteiger partial charge in [0.2, 0.25) is 0 Å². The Labute approximate surface area is 98.5 Å². The molecule has 0 saturated heterocycles. The molecule has 4 heteroatoms. The summed E-state index contributed by atoms with van der Waals surface area (Å²) in [6, 6.07) is 8.97. The predicted molar refractivity (Wildman–Crippen MR) is 66.7 cm³/mol. The maximum absolute atomic E-state index is 11.6. The predicted octanol–water partition coefficient (Wildman–Crippen LogP) is 1.90. The van der Waals surface area contributed by atoms with Crippen molar-refractivity contribution >= 4 is 5.69 Å². The summed E-state index contributed by atoms with van der Waals surface area (Å²) < 4.78 is 0. The number of anilines is 1. The lowest BCUT2D eigenvalue weighted by Gasteiger charge is -2.04. The van der Waals surface area contributed by atoms with Gasteiger partial charge >= 0.3 is 0 Å². The number of nitrogens with zero attached hydrogens (tertiary/aromatic N) is 1. The fraction of sp³-hybridized carbons (Fsp3) is 0.231. The first-order valence-corrected chi connectivity index (χ1v) is 5.69. The first-order valence-electron chi connectivity index (χ1n) is 5.69. The summed E-state index contributed by atoms with van der Waals surface area (Å²) in [7, 11) is 0. The van der Waals surface area contributed by atoms with Crippen LogP contribution < -0.4 is 11.3 Å². The maximum atomic E-state index is 11.6. The molecule has 1 aliphatic rings. The van der Waals surface area contributed by atoms with Crippen molar-refractivity contribution in [1.29, 1.82) is 0 Å². The fourth-order valence-electron chi connectivity index (χ4n) is 1.89. The van der Waals surface area contributed by atoms with Crippen LogP contribution in [0.3, 0.4) is 0 Å². The van der Waals surface area contributed by atoms with E-state index in [1.54, 1.807) is 6.07 Å². The third-order valence-electron chi connectivity index (χ3n) is 2.92. The van der Waals surface area contributed by atoms with Crippen LogP contribution >= 0.6 is 0 Å². The maximum Gasteiger partial charge on any atom is 0.251 e. The Kier molecular flexibility index (Phi) is 2.21. The van der Waals surface area contributed by atoms with Crippen molar-refractivity contribution in [3.8, 4) is 11.4 Å². The van der Waals surface area contributed by atoms with Crippen LogP contribution in [0.1, 0.15) is 24.5 Å². The van der Waals surface area contributed by atoms with Crippen molar-refractivity contribution in [2.24, 2.45) is 0 Å². The normalized spacial score (nSPS) is 14.8. The molecule has 1 aromatic carbocycles. The molecule has 17 heavy (non-hydrogen) atoms. The summed E-state index contributed by atoms with van der Waals surface area (Å²) in [6.07, 6.45) is 2.26. The lowest BCUT2D eigenvalue weighted by molar-refractivity contribution is 0.977. The quantitative estimate of drug-likeness (QED) is 0.769. The molecule has 1 heterocycles. The standard InChI is InChI=1S/C13H13N3O/c14-10-3-1-2-9(6-10)13-15-11(8-4-5-8)7-12(17)16-13/h1-3,6-8H,4-5,14H2,(H,15,16,17). The second-order valence-corrected chi connectivity index (χ2v) is 4.42. The molecule has 1 aromatic heterocycles. The van der Waals surface area contributed by atoms with Crippen LogP contribution in [-0.2, 0) is 0 Å². The van der Waals surface area contributed by atoms with Gasteiger partial charge in [-0.25, -0.2) is 4.98 Å². The topological polar surface area (TPSA) is 71.8 Å². The molecule has 0 spiro atoms. The lowest BCUT2D eigenvalue weighted by Crippen LogP contribution is -2.09. The van der Waals surface area contributed by atoms with Crippen LogP contribution in [-0.4, -0.2) is 9.97 Å². The van der Waals surface area contributed by atoms with Gasteiger partial charge in [-0.1, -0.05) is 12.1 Å². The highest BCUT2D eigenvalue weighted by atomic mass is 16.1. The molecular formula is C13H13N3O. The highest BCUT2D eigenvalue weighted by molar-refractivity contribution is 5.60.